The molecule has 0 aromatic heterocycles. The van der Waals surface area contributed by atoms with Gasteiger partial charge in [-0.1, -0.05) is 45.4 Å². The summed E-state index contributed by atoms with van der Waals surface area (Å²) in [5.41, 5.74) is 6.15. The van der Waals surface area contributed by atoms with Crippen LogP contribution in [0, 0.1) is 5.92 Å². The van der Waals surface area contributed by atoms with Crippen molar-refractivity contribution in [1.29, 1.82) is 0 Å². The van der Waals surface area contributed by atoms with Crippen molar-refractivity contribution in [2.24, 2.45) is 11.7 Å². The number of ether oxygens (including phenoxy) is 1. The van der Waals surface area contributed by atoms with Gasteiger partial charge in [0.15, 0.2) is 0 Å². The van der Waals surface area contributed by atoms with Crippen molar-refractivity contribution in [2.75, 3.05) is 6.61 Å². The minimum absolute atomic E-state index is 0.0485. The Morgan fingerprint density at radius 3 is 2.67 bits per heavy atom. The van der Waals surface area contributed by atoms with Crippen LogP contribution in [0.5, 0.6) is 0 Å². The van der Waals surface area contributed by atoms with E-state index in [0.717, 1.165) is 32.3 Å². The third kappa shape index (κ3) is 4.68. The van der Waals surface area contributed by atoms with Crippen LogP contribution in [0.4, 0.5) is 0 Å². The van der Waals surface area contributed by atoms with E-state index in [1.54, 1.807) is 0 Å². The Bertz CT molecular complexity index is 322. The van der Waals surface area contributed by atoms with Gasteiger partial charge >= 0.3 is 0 Å². The molecule has 0 radical (unpaired) electrons. The minimum atomic E-state index is 0.0485. The van der Waals surface area contributed by atoms with Crippen molar-refractivity contribution in [3.63, 3.8) is 0 Å². The average Bonchev–Trinajstić information content (AvgIpc) is 2.51. The van der Waals surface area contributed by atoms with E-state index in [0.29, 0.717) is 12.3 Å². The first-order valence-corrected chi connectivity index (χ1v) is 8.90. The standard InChI is InChI=1S/C17H32N2O2/c1-2-3-4-5-6-7-8-11-14(20)19-16-15(18)13-10-9-12-21-17(13)16/h13,15-17H,2-12,18H2,1H3,(H,19,20). The molecule has 3 N–H and O–H groups in total. The lowest BCUT2D eigenvalue weighted by atomic mass is 9.68. The van der Waals surface area contributed by atoms with E-state index >= 15 is 0 Å². The van der Waals surface area contributed by atoms with Gasteiger partial charge in [-0.2, -0.15) is 0 Å². The predicted molar refractivity (Wildman–Crippen MR) is 85.0 cm³/mol. The second-order valence-electron chi connectivity index (χ2n) is 6.68. The second-order valence-corrected chi connectivity index (χ2v) is 6.68. The number of amides is 1. The van der Waals surface area contributed by atoms with E-state index in [4.69, 9.17) is 10.5 Å². The summed E-state index contributed by atoms with van der Waals surface area (Å²) in [6.07, 6.45) is 11.7. The molecule has 0 spiro atoms. The van der Waals surface area contributed by atoms with Gasteiger partial charge in [-0.15, -0.1) is 0 Å². The van der Waals surface area contributed by atoms with Crippen molar-refractivity contribution in [3.8, 4) is 0 Å². The summed E-state index contributed by atoms with van der Waals surface area (Å²) < 4.78 is 5.75. The number of nitrogens with two attached hydrogens (primary N) is 1. The highest BCUT2D eigenvalue weighted by molar-refractivity contribution is 5.76. The summed E-state index contributed by atoms with van der Waals surface area (Å²) in [6, 6.07) is 0.139. The molecule has 4 unspecified atom stereocenters. The molecule has 2 rings (SSSR count). The molecular weight excluding hydrogens is 264 g/mol. The highest BCUT2D eigenvalue weighted by atomic mass is 16.5. The quantitative estimate of drug-likeness (QED) is 0.643. The first kappa shape index (κ1) is 16.8. The van der Waals surface area contributed by atoms with E-state index in [9.17, 15) is 4.79 Å². The van der Waals surface area contributed by atoms with Gasteiger partial charge in [-0.05, 0) is 19.3 Å². The highest BCUT2D eigenvalue weighted by Gasteiger charge is 2.50. The lowest BCUT2D eigenvalue weighted by Crippen LogP contribution is -2.72. The van der Waals surface area contributed by atoms with Crippen molar-refractivity contribution in [2.45, 2.75) is 89.3 Å². The van der Waals surface area contributed by atoms with Crippen LogP contribution < -0.4 is 11.1 Å². The van der Waals surface area contributed by atoms with E-state index in [-0.39, 0.29) is 24.1 Å². The summed E-state index contributed by atoms with van der Waals surface area (Å²) in [4.78, 5) is 12.0. The van der Waals surface area contributed by atoms with Crippen molar-refractivity contribution in [1.82, 2.24) is 5.32 Å². The Kier molecular flexibility index (Phi) is 6.97. The lowest BCUT2D eigenvalue weighted by molar-refractivity contribution is -0.139. The summed E-state index contributed by atoms with van der Waals surface area (Å²) >= 11 is 0. The fraction of sp³-hybridized carbons (Fsp3) is 0.941. The topological polar surface area (TPSA) is 64.4 Å². The number of rotatable bonds is 9. The molecule has 1 saturated carbocycles. The Hall–Kier alpha value is -0.610. The molecule has 0 aromatic carbocycles. The molecule has 1 aliphatic heterocycles. The molecule has 0 aromatic rings. The van der Waals surface area contributed by atoms with Crippen LogP contribution in [-0.2, 0) is 9.53 Å². The van der Waals surface area contributed by atoms with Gasteiger partial charge in [0.05, 0.1) is 12.1 Å². The molecule has 2 aliphatic rings. The van der Waals surface area contributed by atoms with Crippen LogP contribution in [-0.4, -0.2) is 30.7 Å². The number of hydrogen-bond donors (Lipinski definition) is 2. The molecular formula is C17H32N2O2. The van der Waals surface area contributed by atoms with Crippen LogP contribution >= 0.6 is 0 Å². The monoisotopic (exact) mass is 296 g/mol. The molecule has 2 fully saturated rings. The van der Waals surface area contributed by atoms with Gasteiger partial charge in [0.1, 0.15) is 0 Å². The van der Waals surface area contributed by atoms with Gasteiger partial charge < -0.3 is 15.8 Å². The summed E-state index contributed by atoms with van der Waals surface area (Å²) in [6.45, 7) is 3.05. The molecule has 0 bridgehead atoms. The maximum absolute atomic E-state index is 12.0. The smallest absolute Gasteiger partial charge is 0.220 e. The van der Waals surface area contributed by atoms with Crippen LogP contribution in [0.15, 0.2) is 0 Å². The zero-order chi connectivity index (χ0) is 15.1. The van der Waals surface area contributed by atoms with Crippen LogP contribution in [0.3, 0.4) is 0 Å². The fourth-order valence-electron chi connectivity index (χ4n) is 3.63. The Morgan fingerprint density at radius 2 is 1.90 bits per heavy atom. The third-order valence-corrected chi connectivity index (χ3v) is 5.01. The summed E-state index contributed by atoms with van der Waals surface area (Å²) in [5, 5.41) is 3.09. The number of fused-ring (bicyclic) bond motifs is 1. The highest BCUT2D eigenvalue weighted by Crippen LogP contribution is 2.36. The molecule has 21 heavy (non-hydrogen) atoms. The molecule has 1 heterocycles. The summed E-state index contributed by atoms with van der Waals surface area (Å²) in [7, 11) is 0. The van der Waals surface area contributed by atoms with Gasteiger partial charge in [-0.3, -0.25) is 4.79 Å². The number of carbonyl (C=O) groups excluding carboxylic acids is 1. The molecule has 4 atom stereocenters. The molecule has 1 aliphatic carbocycles. The normalized spacial score (nSPS) is 31.3. The molecule has 1 saturated heterocycles. The van der Waals surface area contributed by atoms with E-state index < -0.39 is 0 Å². The van der Waals surface area contributed by atoms with Crippen molar-refractivity contribution in [3.05, 3.63) is 0 Å². The Morgan fingerprint density at radius 1 is 1.19 bits per heavy atom. The molecule has 4 heteroatoms. The number of carbonyl (C=O) groups is 1. The first-order valence-electron chi connectivity index (χ1n) is 8.90. The molecule has 122 valence electrons. The number of nitrogens with one attached hydrogen (secondary N) is 1. The van der Waals surface area contributed by atoms with Gasteiger partial charge in [0.25, 0.3) is 0 Å². The predicted octanol–water partition coefficient (Wildman–Crippen LogP) is 2.75. The van der Waals surface area contributed by atoms with Crippen LogP contribution in [0.25, 0.3) is 0 Å². The van der Waals surface area contributed by atoms with E-state index in [2.05, 4.69) is 12.2 Å². The van der Waals surface area contributed by atoms with Crippen LogP contribution in [0.2, 0.25) is 0 Å². The minimum Gasteiger partial charge on any atom is -0.376 e. The SMILES string of the molecule is CCCCCCCCCC(=O)NC1C(N)C2CCCOC21. The zero-order valence-electron chi connectivity index (χ0n) is 13.5. The number of hydrogen-bond acceptors (Lipinski definition) is 3. The average molecular weight is 296 g/mol. The second kappa shape index (κ2) is 8.74. The fourth-order valence-corrected chi connectivity index (χ4v) is 3.63. The Labute approximate surface area is 129 Å². The maximum Gasteiger partial charge on any atom is 0.220 e. The summed E-state index contributed by atoms with van der Waals surface area (Å²) in [5.74, 6) is 0.610. The van der Waals surface area contributed by atoms with Gasteiger partial charge in [0.2, 0.25) is 5.91 Å². The Balaban J connectivity index is 1.53. The van der Waals surface area contributed by atoms with Crippen molar-refractivity contribution >= 4 is 5.91 Å². The molecule has 4 nitrogen and oxygen atoms in total. The molecule has 1 amide bonds. The number of unbranched alkanes of at least 4 members (excludes halogenated alkanes) is 6. The first-order chi connectivity index (χ1) is 10.2. The largest absolute Gasteiger partial charge is 0.376 e. The van der Waals surface area contributed by atoms with Gasteiger partial charge in [0, 0.05) is 25.0 Å². The van der Waals surface area contributed by atoms with Crippen LogP contribution in [0.1, 0.15) is 71.1 Å². The van der Waals surface area contributed by atoms with E-state index in [1.165, 1.54) is 32.1 Å². The van der Waals surface area contributed by atoms with Gasteiger partial charge in [-0.25, -0.2) is 0 Å². The lowest BCUT2D eigenvalue weighted by Gasteiger charge is -2.52. The maximum atomic E-state index is 12.0. The van der Waals surface area contributed by atoms with Crippen molar-refractivity contribution < 1.29 is 9.53 Å². The third-order valence-electron chi connectivity index (χ3n) is 5.01. The zero-order valence-corrected chi connectivity index (χ0v) is 13.5. The van der Waals surface area contributed by atoms with E-state index in [1.807, 2.05) is 0 Å².